The number of hydrogen-bond donors (Lipinski definition) is 3. The fourth-order valence-electron chi connectivity index (χ4n) is 2.27. The topological polar surface area (TPSA) is 75.3 Å². The summed E-state index contributed by atoms with van der Waals surface area (Å²) >= 11 is 0. The number of carbonyl (C=O) groups is 1. The van der Waals surface area contributed by atoms with Gasteiger partial charge in [0.15, 0.2) is 0 Å². The third kappa shape index (κ3) is 3.05. The van der Waals surface area contributed by atoms with Gasteiger partial charge in [0, 0.05) is 6.54 Å². The molecule has 0 aromatic heterocycles. The minimum Gasteiger partial charge on any atom is -0.478 e. The van der Waals surface area contributed by atoms with Crippen LogP contribution in [0.1, 0.15) is 29.6 Å². The Hall–Kier alpha value is -2.04. The van der Waals surface area contributed by atoms with Gasteiger partial charge >= 0.3 is 5.97 Å². The average molecular weight is 264 g/mol. The van der Waals surface area contributed by atoms with Crippen molar-refractivity contribution in [3.05, 3.63) is 35.7 Å². The van der Waals surface area contributed by atoms with E-state index in [2.05, 4.69) is 17.5 Å². The van der Waals surface area contributed by atoms with E-state index in [9.17, 15) is 9.18 Å². The normalized spacial score (nSPS) is 18.3. The van der Waals surface area contributed by atoms with Gasteiger partial charge in [-0.25, -0.2) is 9.18 Å². The second kappa shape index (κ2) is 5.73. The summed E-state index contributed by atoms with van der Waals surface area (Å²) in [6, 6.07) is 2.61. The van der Waals surface area contributed by atoms with Crippen molar-refractivity contribution in [2.45, 2.75) is 19.3 Å². The van der Waals surface area contributed by atoms with E-state index >= 15 is 0 Å². The first-order chi connectivity index (χ1) is 9.09. The van der Waals surface area contributed by atoms with Crippen molar-refractivity contribution in [3.63, 3.8) is 0 Å². The Labute approximate surface area is 111 Å². The molecule has 5 heteroatoms. The van der Waals surface area contributed by atoms with E-state index in [0.29, 0.717) is 18.2 Å². The highest BCUT2D eigenvalue weighted by molar-refractivity contribution is 6.00. The van der Waals surface area contributed by atoms with Gasteiger partial charge in [-0.2, -0.15) is 0 Å². The van der Waals surface area contributed by atoms with E-state index in [1.165, 1.54) is 12.1 Å². The number of nitrogens with two attached hydrogens (primary N) is 1. The van der Waals surface area contributed by atoms with Crippen LogP contribution in [0.3, 0.4) is 0 Å². The number of carboxylic acids is 1. The van der Waals surface area contributed by atoms with Crippen LogP contribution in [0.5, 0.6) is 0 Å². The van der Waals surface area contributed by atoms with E-state index < -0.39 is 11.8 Å². The van der Waals surface area contributed by atoms with Crippen LogP contribution in [0.25, 0.3) is 0 Å². The fourth-order valence-corrected chi connectivity index (χ4v) is 2.27. The molecule has 0 bridgehead atoms. The smallest absolute Gasteiger partial charge is 0.340 e. The maximum Gasteiger partial charge on any atom is 0.340 e. The first-order valence-electron chi connectivity index (χ1n) is 6.29. The SMILES string of the molecule is Nc1c(F)ccc(NCC2CC=CCC2)c1C(=O)O. The minimum absolute atomic E-state index is 0.189. The molecule has 1 aromatic rings. The van der Waals surface area contributed by atoms with Crippen LogP contribution < -0.4 is 11.1 Å². The molecule has 102 valence electrons. The Kier molecular flexibility index (Phi) is 4.04. The van der Waals surface area contributed by atoms with E-state index in [-0.39, 0.29) is 11.3 Å². The molecule has 1 aliphatic carbocycles. The molecule has 1 unspecified atom stereocenters. The van der Waals surface area contributed by atoms with E-state index in [4.69, 9.17) is 10.8 Å². The van der Waals surface area contributed by atoms with Gasteiger partial charge in [-0.15, -0.1) is 0 Å². The number of rotatable bonds is 4. The molecule has 4 N–H and O–H groups in total. The van der Waals surface area contributed by atoms with Crippen molar-refractivity contribution in [1.29, 1.82) is 0 Å². The first kappa shape index (κ1) is 13.4. The molecule has 0 amide bonds. The Morgan fingerprint density at radius 3 is 2.89 bits per heavy atom. The van der Waals surface area contributed by atoms with Crippen LogP contribution in [-0.2, 0) is 0 Å². The molecule has 4 nitrogen and oxygen atoms in total. The third-order valence-electron chi connectivity index (χ3n) is 3.37. The number of aromatic carboxylic acids is 1. The van der Waals surface area contributed by atoms with Crippen molar-refractivity contribution in [2.75, 3.05) is 17.6 Å². The van der Waals surface area contributed by atoms with Gasteiger partial charge in [0.05, 0.1) is 11.4 Å². The molecule has 0 radical (unpaired) electrons. The van der Waals surface area contributed by atoms with Crippen LogP contribution in [0.2, 0.25) is 0 Å². The number of halogens is 1. The summed E-state index contributed by atoms with van der Waals surface area (Å²) in [6.45, 7) is 0.662. The number of hydrogen-bond acceptors (Lipinski definition) is 3. The van der Waals surface area contributed by atoms with Crippen LogP contribution in [-0.4, -0.2) is 17.6 Å². The molecule has 1 atom stereocenters. The lowest BCUT2D eigenvalue weighted by atomic mass is 9.94. The number of carboxylic acid groups (broad SMARTS) is 1. The van der Waals surface area contributed by atoms with E-state index in [0.717, 1.165) is 19.3 Å². The molecule has 2 rings (SSSR count). The van der Waals surface area contributed by atoms with Crippen molar-refractivity contribution in [2.24, 2.45) is 5.92 Å². The van der Waals surface area contributed by atoms with E-state index in [1.54, 1.807) is 0 Å². The predicted octanol–water partition coefficient (Wildman–Crippen LogP) is 2.87. The Morgan fingerprint density at radius 1 is 1.47 bits per heavy atom. The van der Waals surface area contributed by atoms with E-state index in [1.807, 2.05) is 0 Å². The fraction of sp³-hybridized carbons (Fsp3) is 0.357. The molecular weight excluding hydrogens is 247 g/mol. The first-order valence-corrected chi connectivity index (χ1v) is 6.29. The van der Waals surface area contributed by atoms with Crippen LogP contribution in [0.4, 0.5) is 15.8 Å². The number of nitrogen functional groups attached to an aromatic ring is 1. The molecule has 19 heavy (non-hydrogen) atoms. The summed E-state index contributed by atoms with van der Waals surface area (Å²) in [5, 5.41) is 12.2. The zero-order valence-electron chi connectivity index (χ0n) is 10.5. The monoisotopic (exact) mass is 264 g/mol. The van der Waals surface area contributed by atoms with Crippen LogP contribution in [0.15, 0.2) is 24.3 Å². The van der Waals surface area contributed by atoms with Gasteiger partial charge in [-0.3, -0.25) is 0 Å². The Balaban J connectivity index is 2.13. The van der Waals surface area contributed by atoms with Gasteiger partial charge in [0.25, 0.3) is 0 Å². The molecule has 0 saturated carbocycles. The Morgan fingerprint density at radius 2 is 2.26 bits per heavy atom. The second-order valence-electron chi connectivity index (χ2n) is 4.72. The molecule has 0 aliphatic heterocycles. The summed E-state index contributed by atoms with van der Waals surface area (Å²) in [7, 11) is 0. The highest BCUT2D eigenvalue weighted by atomic mass is 19.1. The summed E-state index contributed by atoms with van der Waals surface area (Å²) in [4.78, 5) is 11.1. The average Bonchev–Trinajstić information content (AvgIpc) is 2.41. The van der Waals surface area contributed by atoms with Gasteiger partial charge in [-0.1, -0.05) is 12.2 Å². The number of anilines is 2. The van der Waals surface area contributed by atoms with Crippen molar-refractivity contribution < 1.29 is 14.3 Å². The second-order valence-corrected chi connectivity index (χ2v) is 4.72. The maximum absolute atomic E-state index is 13.3. The largest absolute Gasteiger partial charge is 0.478 e. The van der Waals surface area contributed by atoms with Crippen molar-refractivity contribution >= 4 is 17.3 Å². The maximum atomic E-state index is 13.3. The summed E-state index contributed by atoms with van der Waals surface area (Å²) < 4.78 is 13.3. The molecule has 0 fully saturated rings. The molecule has 1 aromatic carbocycles. The molecule has 1 aliphatic rings. The Bertz CT molecular complexity index is 514. The minimum atomic E-state index is -1.22. The molecule has 0 spiro atoms. The van der Waals surface area contributed by atoms with Crippen molar-refractivity contribution in [1.82, 2.24) is 0 Å². The van der Waals surface area contributed by atoms with Gasteiger partial charge in [0.1, 0.15) is 11.4 Å². The lowest BCUT2D eigenvalue weighted by Gasteiger charge is -2.20. The van der Waals surface area contributed by atoms with Crippen LogP contribution in [0, 0.1) is 11.7 Å². The molecular formula is C14H17FN2O2. The summed E-state index contributed by atoms with van der Waals surface area (Å²) in [5.74, 6) is -1.45. The molecule has 0 saturated heterocycles. The third-order valence-corrected chi connectivity index (χ3v) is 3.37. The quantitative estimate of drug-likeness (QED) is 0.577. The van der Waals surface area contributed by atoms with Gasteiger partial charge < -0.3 is 16.2 Å². The number of nitrogens with one attached hydrogen (secondary N) is 1. The zero-order chi connectivity index (χ0) is 13.8. The lowest BCUT2D eigenvalue weighted by molar-refractivity contribution is 0.0698. The highest BCUT2D eigenvalue weighted by Crippen LogP contribution is 2.26. The van der Waals surface area contributed by atoms with Gasteiger partial charge in [-0.05, 0) is 37.3 Å². The predicted molar refractivity (Wildman–Crippen MR) is 72.7 cm³/mol. The van der Waals surface area contributed by atoms with Gasteiger partial charge in [0.2, 0.25) is 0 Å². The lowest BCUT2D eigenvalue weighted by Crippen LogP contribution is -2.18. The van der Waals surface area contributed by atoms with Crippen molar-refractivity contribution in [3.8, 4) is 0 Å². The standard InChI is InChI=1S/C14H17FN2O2/c15-10-6-7-11(12(13(10)16)14(18)19)17-8-9-4-2-1-3-5-9/h1-2,6-7,9,17H,3-5,8,16H2,(H,18,19). The highest BCUT2D eigenvalue weighted by Gasteiger charge is 2.18. The van der Waals surface area contributed by atoms with Crippen LogP contribution >= 0.6 is 0 Å². The zero-order valence-corrected chi connectivity index (χ0v) is 10.5. The number of allylic oxidation sites excluding steroid dienone is 2. The summed E-state index contributed by atoms with van der Waals surface area (Å²) in [5.41, 5.74) is 5.35. The molecule has 0 heterocycles. The number of benzene rings is 1. The summed E-state index contributed by atoms with van der Waals surface area (Å²) in [6.07, 6.45) is 7.38.